The van der Waals surface area contributed by atoms with Gasteiger partial charge in [0.1, 0.15) is 11.4 Å². The van der Waals surface area contributed by atoms with E-state index in [2.05, 4.69) is 10.3 Å². The molecule has 0 aliphatic carbocycles. The molecule has 1 amide bonds. The van der Waals surface area contributed by atoms with Crippen molar-refractivity contribution in [1.29, 1.82) is 0 Å². The number of nitrogens with zero attached hydrogens (tertiary/aromatic N) is 1. The number of carbonyl (C=O) groups is 1. The number of para-hydroxylation sites is 1. The van der Waals surface area contributed by atoms with Crippen LogP contribution in [0.2, 0.25) is 0 Å². The molecule has 2 aromatic rings. The molecular formula is C20H22N2O4. The third kappa shape index (κ3) is 3.24. The zero-order chi connectivity index (χ0) is 18.0. The van der Waals surface area contributed by atoms with E-state index in [4.69, 9.17) is 14.2 Å². The van der Waals surface area contributed by atoms with Gasteiger partial charge in [0.25, 0.3) is 5.91 Å². The molecule has 0 saturated carbocycles. The van der Waals surface area contributed by atoms with E-state index in [0.29, 0.717) is 24.7 Å². The van der Waals surface area contributed by atoms with E-state index in [0.717, 1.165) is 30.6 Å². The number of carbonyl (C=O) groups excluding carboxylic acids is 1. The number of nitrogens with one attached hydrogen (secondary N) is 1. The molecule has 6 nitrogen and oxygen atoms in total. The van der Waals surface area contributed by atoms with Crippen molar-refractivity contribution in [2.45, 2.75) is 30.9 Å². The van der Waals surface area contributed by atoms with E-state index < -0.39 is 0 Å². The summed E-state index contributed by atoms with van der Waals surface area (Å²) in [6.45, 7) is 1.37. The molecule has 1 N–H and O–H groups in total. The molecule has 6 heteroatoms. The Labute approximate surface area is 152 Å². The first kappa shape index (κ1) is 16.8. The maximum absolute atomic E-state index is 12.8. The summed E-state index contributed by atoms with van der Waals surface area (Å²) in [7, 11) is 1.54. The fourth-order valence-electron chi connectivity index (χ4n) is 3.70. The van der Waals surface area contributed by atoms with Crippen molar-refractivity contribution in [3.63, 3.8) is 0 Å². The fraction of sp³-hybridized carbons (Fsp3) is 0.400. The van der Waals surface area contributed by atoms with Gasteiger partial charge in [-0.2, -0.15) is 0 Å². The largest absolute Gasteiger partial charge is 0.487 e. The van der Waals surface area contributed by atoms with E-state index in [9.17, 15) is 4.79 Å². The van der Waals surface area contributed by atoms with Gasteiger partial charge in [-0.3, -0.25) is 4.79 Å². The Kier molecular flexibility index (Phi) is 4.51. The van der Waals surface area contributed by atoms with Crippen LogP contribution < -0.4 is 14.8 Å². The fourth-order valence-corrected chi connectivity index (χ4v) is 3.70. The average Bonchev–Trinajstić information content (AvgIpc) is 2.68. The van der Waals surface area contributed by atoms with Crippen LogP contribution in [0.4, 0.5) is 0 Å². The van der Waals surface area contributed by atoms with Crippen LogP contribution in [-0.2, 0) is 4.74 Å². The second-order valence-corrected chi connectivity index (χ2v) is 6.75. The Morgan fingerprint density at radius 1 is 1.27 bits per heavy atom. The minimum absolute atomic E-state index is 0.107. The van der Waals surface area contributed by atoms with E-state index in [1.165, 1.54) is 7.11 Å². The predicted octanol–water partition coefficient (Wildman–Crippen LogP) is 2.89. The van der Waals surface area contributed by atoms with E-state index in [1.54, 1.807) is 18.3 Å². The molecule has 1 fully saturated rings. The van der Waals surface area contributed by atoms with Gasteiger partial charge in [0.15, 0.2) is 0 Å². The van der Waals surface area contributed by atoms with Gasteiger partial charge in [0, 0.05) is 42.7 Å². The molecule has 2 aliphatic heterocycles. The summed E-state index contributed by atoms with van der Waals surface area (Å²) in [5.74, 6) is 1.12. The first-order valence-corrected chi connectivity index (χ1v) is 8.86. The molecule has 1 atom stereocenters. The lowest BCUT2D eigenvalue weighted by molar-refractivity contribution is -0.0639. The lowest BCUT2D eigenvalue weighted by Gasteiger charge is -2.44. The Hall–Kier alpha value is -2.60. The summed E-state index contributed by atoms with van der Waals surface area (Å²) in [6, 6.07) is 11.1. The summed E-state index contributed by atoms with van der Waals surface area (Å²) in [6.07, 6.45) is 3.97. The van der Waals surface area contributed by atoms with Crippen LogP contribution >= 0.6 is 0 Å². The number of methoxy groups -OCH3 is 1. The van der Waals surface area contributed by atoms with Crippen molar-refractivity contribution >= 4 is 5.91 Å². The molecule has 1 saturated heterocycles. The summed E-state index contributed by atoms with van der Waals surface area (Å²) in [4.78, 5) is 16.9. The highest BCUT2D eigenvalue weighted by atomic mass is 16.5. The second kappa shape index (κ2) is 6.96. The number of amides is 1. The van der Waals surface area contributed by atoms with Gasteiger partial charge in [0.05, 0.1) is 26.4 Å². The molecule has 2 aliphatic rings. The van der Waals surface area contributed by atoms with Crippen LogP contribution in [0.25, 0.3) is 0 Å². The van der Waals surface area contributed by atoms with Gasteiger partial charge in [-0.1, -0.05) is 18.2 Å². The molecule has 0 bridgehead atoms. The van der Waals surface area contributed by atoms with Crippen LogP contribution in [0.5, 0.6) is 11.6 Å². The minimum atomic E-state index is -0.277. The number of pyridine rings is 1. The number of ether oxygens (including phenoxy) is 3. The van der Waals surface area contributed by atoms with Crippen LogP contribution in [-0.4, -0.2) is 36.8 Å². The number of hydrogen-bond acceptors (Lipinski definition) is 5. The van der Waals surface area contributed by atoms with Crippen molar-refractivity contribution in [2.24, 2.45) is 0 Å². The van der Waals surface area contributed by atoms with Crippen LogP contribution in [0.15, 0.2) is 42.6 Å². The maximum Gasteiger partial charge on any atom is 0.252 e. The lowest BCUT2D eigenvalue weighted by atomic mass is 9.82. The number of aromatic nitrogens is 1. The summed E-state index contributed by atoms with van der Waals surface area (Å²) in [5.41, 5.74) is 1.27. The topological polar surface area (TPSA) is 69.7 Å². The van der Waals surface area contributed by atoms with Gasteiger partial charge < -0.3 is 19.5 Å². The van der Waals surface area contributed by atoms with Crippen LogP contribution in [0.3, 0.4) is 0 Å². The van der Waals surface area contributed by atoms with Gasteiger partial charge in [0.2, 0.25) is 5.88 Å². The monoisotopic (exact) mass is 354 g/mol. The summed E-state index contributed by atoms with van der Waals surface area (Å²) < 4.78 is 17.0. The molecule has 0 unspecified atom stereocenters. The highest BCUT2D eigenvalue weighted by Gasteiger charge is 2.42. The Morgan fingerprint density at radius 3 is 2.88 bits per heavy atom. The lowest BCUT2D eigenvalue weighted by Crippen LogP contribution is -2.48. The summed E-state index contributed by atoms with van der Waals surface area (Å²) >= 11 is 0. The molecule has 4 rings (SSSR count). The number of rotatable bonds is 3. The molecule has 1 aromatic heterocycles. The van der Waals surface area contributed by atoms with Crippen molar-refractivity contribution in [2.75, 3.05) is 20.3 Å². The normalized spacial score (nSPS) is 20.7. The molecular weight excluding hydrogens is 332 g/mol. The van der Waals surface area contributed by atoms with E-state index in [-0.39, 0.29) is 17.6 Å². The van der Waals surface area contributed by atoms with E-state index >= 15 is 0 Å². The van der Waals surface area contributed by atoms with Crippen molar-refractivity contribution in [3.05, 3.63) is 53.7 Å². The standard InChI is InChI=1S/C20H22N2O4/c1-24-18-12-14(6-9-21-18)19(23)22-16-13-20(7-10-25-11-8-20)26-17-5-3-2-4-15(16)17/h2-6,9,12,16H,7-8,10-11,13H2,1H3,(H,22,23)/t16-/m0/s1. The smallest absolute Gasteiger partial charge is 0.252 e. The van der Waals surface area contributed by atoms with Gasteiger partial charge >= 0.3 is 0 Å². The Balaban J connectivity index is 1.60. The molecule has 136 valence electrons. The predicted molar refractivity (Wildman–Crippen MR) is 95.5 cm³/mol. The zero-order valence-electron chi connectivity index (χ0n) is 14.7. The van der Waals surface area contributed by atoms with Gasteiger partial charge in [-0.05, 0) is 12.1 Å². The molecule has 1 aromatic carbocycles. The van der Waals surface area contributed by atoms with Gasteiger partial charge in [-0.15, -0.1) is 0 Å². The zero-order valence-corrected chi connectivity index (χ0v) is 14.7. The molecule has 3 heterocycles. The van der Waals surface area contributed by atoms with Crippen LogP contribution in [0, 0.1) is 0 Å². The van der Waals surface area contributed by atoms with Crippen molar-refractivity contribution in [3.8, 4) is 11.6 Å². The van der Waals surface area contributed by atoms with E-state index in [1.807, 2.05) is 24.3 Å². The average molecular weight is 354 g/mol. The quantitative estimate of drug-likeness (QED) is 0.918. The highest BCUT2D eigenvalue weighted by molar-refractivity contribution is 5.94. The third-order valence-electron chi connectivity index (χ3n) is 5.11. The third-order valence-corrected chi connectivity index (χ3v) is 5.11. The molecule has 0 radical (unpaired) electrons. The number of fused-ring (bicyclic) bond motifs is 1. The first-order chi connectivity index (χ1) is 12.7. The second-order valence-electron chi connectivity index (χ2n) is 6.75. The Bertz CT molecular complexity index is 802. The van der Waals surface area contributed by atoms with Crippen molar-refractivity contribution < 1.29 is 19.0 Å². The summed E-state index contributed by atoms with van der Waals surface area (Å²) in [5, 5.41) is 3.17. The van der Waals surface area contributed by atoms with Gasteiger partial charge in [-0.25, -0.2) is 4.98 Å². The maximum atomic E-state index is 12.8. The number of benzene rings is 1. The highest BCUT2D eigenvalue weighted by Crippen LogP contribution is 2.43. The molecule has 1 spiro atoms. The van der Waals surface area contributed by atoms with Crippen LogP contribution in [0.1, 0.15) is 41.2 Å². The minimum Gasteiger partial charge on any atom is -0.487 e. The molecule has 26 heavy (non-hydrogen) atoms. The van der Waals surface area contributed by atoms with Crippen molar-refractivity contribution in [1.82, 2.24) is 10.3 Å². The first-order valence-electron chi connectivity index (χ1n) is 8.86. The number of hydrogen-bond donors (Lipinski definition) is 1. The SMILES string of the molecule is COc1cc(C(=O)N[C@H]2CC3(CCOCC3)Oc3ccccc32)ccn1. The Morgan fingerprint density at radius 2 is 2.08 bits per heavy atom.